The van der Waals surface area contributed by atoms with Crippen LogP contribution in [0, 0.1) is 0 Å². The van der Waals surface area contributed by atoms with E-state index in [0.29, 0.717) is 34.0 Å². The third-order valence-electron chi connectivity index (χ3n) is 5.05. The second kappa shape index (κ2) is 9.95. The zero-order valence-corrected chi connectivity index (χ0v) is 19.4. The number of thioether (sulfide) groups is 1. The lowest BCUT2D eigenvalue weighted by Crippen LogP contribution is -2.17. The molecule has 1 unspecified atom stereocenters. The maximum absolute atomic E-state index is 6.35. The van der Waals surface area contributed by atoms with E-state index < -0.39 is 6.23 Å². The fraction of sp³-hybridized carbons (Fsp3) is 0.348. The number of hydrogen-bond acceptors (Lipinski definition) is 9. The Labute approximate surface area is 191 Å². The van der Waals surface area contributed by atoms with Gasteiger partial charge in [0.15, 0.2) is 23.4 Å². The molecule has 0 fully saturated rings. The number of hydrogen-bond donors (Lipinski definition) is 1. The highest BCUT2D eigenvalue weighted by atomic mass is 32.2. The second-order valence-electron chi connectivity index (χ2n) is 7.10. The van der Waals surface area contributed by atoms with Gasteiger partial charge in [-0.15, -0.1) is 10.2 Å². The number of methoxy groups -OCH3 is 3. The molecule has 1 aliphatic rings. The Balaban J connectivity index is 1.78. The Morgan fingerprint density at radius 1 is 1.03 bits per heavy atom. The summed E-state index contributed by atoms with van der Waals surface area (Å²) in [5.74, 6) is 2.97. The highest BCUT2D eigenvalue weighted by Crippen LogP contribution is 2.43. The maximum Gasteiger partial charge on any atom is 0.247 e. The first-order valence-corrected chi connectivity index (χ1v) is 11.4. The third kappa shape index (κ3) is 4.38. The standard InChI is InChI=1S/C23H26N4O4S/c1-5-6-11-32-23-25-22-19(26-27-23)15-9-7-8-10-16(15)24-21(31-22)14-12-17(28-2)20(30-4)18(13-14)29-3/h7-10,12-13,21,24H,5-6,11H2,1-4H3. The summed E-state index contributed by atoms with van der Waals surface area (Å²) in [6.45, 7) is 2.16. The van der Waals surface area contributed by atoms with Crippen LogP contribution < -0.4 is 24.3 Å². The molecule has 8 nitrogen and oxygen atoms in total. The van der Waals surface area contributed by atoms with Crippen LogP contribution in [0.3, 0.4) is 0 Å². The van der Waals surface area contributed by atoms with Gasteiger partial charge in [-0.3, -0.25) is 0 Å². The highest BCUT2D eigenvalue weighted by Gasteiger charge is 2.28. The first-order chi connectivity index (χ1) is 15.7. The minimum atomic E-state index is -0.559. The van der Waals surface area contributed by atoms with Crippen molar-refractivity contribution in [3.05, 3.63) is 42.0 Å². The molecule has 0 spiro atoms. The zero-order chi connectivity index (χ0) is 22.5. The smallest absolute Gasteiger partial charge is 0.247 e. The number of unbranched alkanes of at least 4 members (excludes halogenated alkanes) is 1. The van der Waals surface area contributed by atoms with Gasteiger partial charge in [0, 0.05) is 22.6 Å². The van der Waals surface area contributed by atoms with Crippen LogP contribution in [0.5, 0.6) is 23.1 Å². The number of benzene rings is 2. The first kappa shape index (κ1) is 22.0. The molecule has 0 saturated heterocycles. The quantitative estimate of drug-likeness (QED) is 0.375. The Morgan fingerprint density at radius 2 is 1.78 bits per heavy atom. The molecule has 1 aromatic heterocycles. The van der Waals surface area contributed by atoms with E-state index in [-0.39, 0.29) is 0 Å². The summed E-state index contributed by atoms with van der Waals surface area (Å²) in [5.41, 5.74) is 3.14. The lowest BCUT2D eigenvalue weighted by molar-refractivity contribution is 0.223. The number of anilines is 1. The van der Waals surface area contributed by atoms with E-state index in [2.05, 4.69) is 27.4 Å². The molecule has 0 amide bonds. The van der Waals surface area contributed by atoms with Crippen LogP contribution in [0.25, 0.3) is 11.3 Å². The molecule has 1 aliphatic heterocycles. The fourth-order valence-electron chi connectivity index (χ4n) is 3.42. The fourth-order valence-corrected chi connectivity index (χ4v) is 4.28. The van der Waals surface area contributed by atoms with E-state index in [9.17, 15) is 0 Å². The van der Waals surface area contributed by atoms with Crippen molar-refractivity contribution in [3.63, 3.8) is 0 Å². The van der Waals surface area contributed by atoms with Crippen LogP contribution >= 0.6 is 11.8 Å². The SMILES string of the molecule is CCCCSc1nnc2c(n1)OC(c1cc(OC)c(OC)c(OC)c1)Nc1ccccc1-2. The Bertz CT molecular complexity index is 1070. The topological polar surface area (TPSA) is 87.6 Å². The lowest BCUT2D eigenvalue weighted by atomic mass is 10.1. The van der Waals surface area contributed by atoms with Crippen molar-refractivity contribution in [2.45, 2.75) is 31.1 Å². The number of ether oxygens (including phenoxy) is 4. The third-order valence-corrected chi connectivity index (χ3v) is 5.98. The van der Waals surface area contributed by atoms with Gasteiger partial charge in [0.25, 0.3) is 0 Å². The molecule has 4 rings (SSSR count). The predicted octanol–water partition coefficient (Wildman–Crippen LogP) is 4.96. The molecule has 0 aliphatic carbocycles. The van der Waals surface area contributed by atoms with Crippen molar-refractivity contribution < 1.29 is 18.9 Å². The molecule has 0 saturated carbocycles. The average molecular weight is 455 g/mol. The minimum absolute atomic E-state index is 0.426. The summed E-state index contributed by atoms with van der Waals surface area (Å²) in [7, 11) is 4.75. The van der Waals surface area contributed by atoms with Crippen molar-refractivity contribution in [3.8, 4) is 34.4 Å². The molecule has 0 bridgehead atoms. The van der Waals surface area contributed by atoms with Crippen molar-refractivity contribution in [1.29, 1.82) is 0 Å². The molecule has 2 heterocycles. The normalized spacial score (nSPS) is 14.3. The summed E-state index contributed by atoms with van der Waals surface area (Å²) in [6, 6.07) is 11.6. The molecule has 1 N–H and O–H groups in total. The molecule has 168 valence electrons. The van der Waals surface area contributed by atoms with Gasteiger partial charge in [-0.05, 0) is 24.6 Å². The van der Waals surface area contributed by atoms with Crippen molar-refractivity contribution in [2.75, 3.05) is 32.4 Å². The van der Waals surface area contributed by atoms with E-state index in [1.807, 2.05) is 36.4 Å². The van der Waals surface area contributed by atoms with Gasteiger partial charge in [0.05, 0.1) is 21.3 Å². The number of para-hydroxylation sites is 1. The van der Waals surface area contributed by atoms with Gasteiger partial charge in [0.1, 0.15) is 0 Å². The number of aromatic nitrogens is 3. The summed E-state index contributed by atoms with van der Waals surface area (Å²) in [5, 5.41) is 12.8. The van der Waals surface area contributed by atoms with Crippen molar-refractivity contribution in [2.24, 2.45) is 0 Å². The molecule has 32 heavy (non-hydrogen) atoms. The first-order valence-electron chi connectivity index (χ1n) is 10.4. The second-order valence-corrected chi connectivity index (χ2v) is 8.16. The van der Waals surface area contributed by atoms with E-state index in [1.54, 1.807) is 33.1 Å². The molecular formula is C23H26N4O4S. The van der Waals surface area contributed by atoms with E-state index in [0.717, 1.165) is 35.4 Å². The van der Waals surface area contributed by atoms with Crippen LogP contribution in [-0.2, 0) is 0 Å². The predicted molar refractivity (Wildman–Crippen MR) is 124 cm³/mol. The molecule has 3 aromatic rings. The molecule has 9 heteroatoms. The number of rotatable bonds is 8. The number of fused-ring (bicyclic) bond motifs is 3. The van der Waals surface area contributed by atoms with Crippen molar-refractivity contribution >= 4 is 17.4 Å². The largest absolute Gasteiger partial charge is 0.493 e. The molecule has 1 atom stereocenters. The van der Waals surface area contributed by atoms with Gasteiger partial charge in [-0.2, -0.15) is 4.98 Å². The van der Waals surface area contributed by atoms with Crippen LogP contribution in [0.4, 0.5) is 5.69 Å². The van der Waals surface area contributed by atoms with Crippen LogP contribution in [0.2, 0.25) is 0 Å². The summed E-state index contributed by atoms with van der Waals surface area (Å²) in [4.78, 5) is 4.68. The van der Waals surface area contributed by atoms with E-state index in [4.69, 9.17) is 18.9 Å². The summed E-state index contributed by atoms with van der Waals surface area (Å²) >= 11 is 1.58. The van der Waals surface area contributed by atoms with Crippen LogP contribution in [-0.4, -0.2) is 42.3 Å². The van der Waals surface area contributed by atoms with Gasteiger partial charge < -0.3 is 24.3 Å². The minimum Gasteiger partial charge on any atom is -0.493 e. The molecule has 2 aromatic carbocycles. The van der Waals surface area contributed by atoms with Crippen molar-refractivity contribution in [1.82, 2.24) is 15.2 Å². The number of nitrogens with zero attached hydrogens (tertiary/aromatic N) is 3. The van der Waals surface area contributed by atoms with Gasteiger partial charge in [0.2, 0.25) is 16.8 Å². The summed E-state index contributed by atoms with van der Waals surface area (Å²) < 4.78 is 22.9. The van der Waals surface area contributed by atoms with Gasteiger partial charge in [-0.1, -0.05) is 43.3 Å². The monoisotopic (exact) mass is 454 g/mol. The molecule has 0 radical (unpaired) electrons. The zero-order valence-electron chi connectivity index (χ0n) is 18.5. The molecular weight excluding hydrogens is 428 g/mol. The van der Waals surface area contributed by atoms with E-state index >= 15 is 0 Å². The Hall–Kier alpha value is -3.20. The number of nitrogens with one attached hydrogen (secondary N) is 1. The van der Waals surface area contributed by atoms with E-state index in [1.165, 1.54) is 0 Å². The summed E-state index contributed by atoms with van der Waals surface area (Å²) in [6.07, 6.45) is 1.64. The highest BCUT2D eigenvalue weighted by molar-refractivity contribution is 7.99. The average Bonchev–Trinajstić information content (AvgIpc) is 2.99. The Morgan fingerprint density at radius 3 is 2.47 bits per heavy atom. The van der Waals surface area contributed by atoms with Gasteiger partial charge >= 0.3 is 0 Å². The Kier molecular flexibility index (Phi) is 6.84. The van der Waals surface area contributed by atoms with Crippen LogP contribution in [0.15, 0.2) is 41.6 Å². The van der Waals surface area contributed by atoms with Gasteiger partial charge in [-0.25, -0.2) is 0 Å². The maximum atomic E-state index is 6.35. The lowest BCUT2D eigenvalue weighted by Gasteiger charge is -2.21. The van der Waals surface area contributed by atoms with Crippen LogP contribution in [0.1, 0.15) is 31.6 Å².